The van der Waals surface area contributed by atoms with Crippen LogP contribution in [0.1, 0.15) is 41.7 Å². The van der Waals surface area contributed by atoms with Gasteiger partial charge in [-0.1, -0.05) is 61.4 Å². The number of pyridine rings is 1. The zero-order chi connectivity index (χ0) is 17.2. The highest BCUT2D eigenvalue weighted by Gasteiger charge is 2.20. The average molecular weight is 330 g/mol. The van der Waals surface area contributed by atoms with Gasteiger partial charge in [-0.15, -0.1) is 0 Å². The zero-order valence-electron chi connectivity index (χ0n) is 14.5. The smallest absolute Gasteiger partial charge is 0.252 e. The second-order valence-electron chi connectivity index (χ2n) is 6.83. The maximum absolute atomic E-state index is 12.9. The number of para-hydroxylation sites is 1. The number of hydrogen-bond acceptors (Lipinski definition) is 2. The molecule has 1 saturated carbocycles. The number of benzene rings is 2. The third-order valence-corrected chi connectivity index (χ3v) is 4.99. The first-order chi connectivity index (χ1) is 12.2. The number of hydrogen-bond donors (Lipinski definition) is 1. The third kappa shape index (κ3) is 3.14. The molecule has 0 bridgehead atoms. The van der Waals surface area contributed by atoms with Gasteiger partial charge in [0, 0.05) is 22.7 Å². The lowest BCUT2D eigenvalue weighted by Crippen LogP contribution is -2.32. The summed E-state index contributed by atoms with van der Waals surface area (Å²) in [6, 6.07) is 18.5. The SMILES string of the molecule is Cc1cc(C(=O)NC2CCCC2)c2cccc(-c3ccccc3)c2n1. The van der Waals surface area contributed by atoms with Gasteiger partial charge in [-0.25, -0.2) is 0 Å². The number of rotatable bonds is 3. The summed E-state index contributed by atoms with van der Waals surface area (Å²) in [7, 11) is 0. The number of nitrogens with zero attached hydrogens (tertiary/aromatic N) is 1. The van der Waals surface area contributed by atoms with Crippen LogP contribution in [0.4, 0.5) is 0 Å². The van der Waals surface area contributed by atoms with Gasteiger partial charge < -0.3 is 5.32 Å². The predicted molar refractivity (Wildman–Crippen MR) is 102 cm³/mol. The van der Waals surface area contributed by atoms with Gasteiger partial charge in [-0.2, -0.15) is 0 Å². The molecule has 3 nitrogen and oxygen atoms in total. The molecule has 126 valence electrons. The lowest BCUT2D eigenvalue weighted by molar-refractivity contribution is 0.0939. The highest BCUT2D eigenvalue weighted by molar-refractivity contribution is 6.09. The molecule has 4 rings (SSSR count). The predicted octanol–water partition coefficient (Wildman–Crippen LogP) is 4.88. The van der Waals surface area contributed by atoms with Crippen molar-refractivity contribution in [2.75, 3.05) is 0 Å². The highest BCUT2D eigenvalue weighted by atomic mass is 16.1. The van der Waals surface area contributed by atoms with Crippen LogP contribution < -0.4 is 5.32 Å². The fraction of sp³-hybridized carbons (Fsp3) is 0.273. The van der Waals surface area contributed by atoms with E-state index in [-0.39, 0.29) is 5.91 Å². The molecule has 1 heterocycles. The van der Waals surface area contributed by atoms with Gasteiger partial charge in [-0.3, -0.25) is 9.78 Å². The molecule has 0 aliphatic heterocycles. The van der Waals surface area contributed by atoms with Crippen molar-refractivity contribution in [1.82, 2.24) is 10.3 Å². The van der Waals surface area contributed by atoms with Crippen LogP contribution in [0.2, 0.25) is 0 Å². The van der Waals surface area contributed by atoms with Crippen LogP contribution in [0.3, 0.4) is 0 Å². The second-order valence-corrected chi connectivity index (χ2v) is 6.83. The minimum Gasteiger partial charge on any atom is -0.349 e. The van der Waals surface area contributed by atoms with Crippen LogP contribution in [0.25, 0.3) is 22.0 Å². The molecule has 1 amide bonds. The third-order valence-electron chi connectivity index (χ3n) is 4.99. The normalized spacial score (nSPS) is 14.8. The van der Waals surface area contributed by atoms with Crippen LogP contribution >= 0.6 is 0 Å². The van der Waals surface area contributed by atoms with E-state index in [2.05, 4.69) is 23.5 Å². The molecule has 0 spiro atoms. The zero-order valence-corrected chi connectivity index (χ0v) is 14.5. The van der Waals surface area contributed by atoms with Crippen molar-refractivity contribution < 1.29 is 4.79 Å². The van der Waals surface area contributed by atoms with Gasteiger partial charge >= 0.3 is 0 Å². The van der Waals surface area contributed by atoms with E-state index in [1.165, 1.54) is 12.8 Å². The Morgan fingerprint density at radius 1 is 1.04 bits per heavy atom. The van der Waals surface area contributed by atoms with Crippen molar-refractivity contribution in [2.24, 2.45) is 0 Å². The van der Waals surface area contributed by atoms with E-state index in [1.54, 1.807) is 0 Å². The summed E-state index contributed by atoms with van der Waals surface area (Å²) in [5, 5.41) is 4.13. The maximum atomic E-state index is 12.9. The van der Waals surface area contributed by atoms with Crippen LogP contribution in [0.5, 0.6) is 0 Å². The van der Waals surface area contributed by atoms with Crippen molar-refractivity contribution in [3.05, 3.63) is 65.9 Å². The molecule has 0 atom stereocenters. The number of carbonyl (C=O) groups excluding carboxylic acids is 1. The Hall–Kier alpha value is -2.68. The molecule has 2 aromatic carbocycles. The van der Waals surface area contributed by atoms with E-state index in [0.29, 0.717) is 6.04 Å². The van der Waals surface area contributed by atoms with Crippen molar-refractivity contribution in [3.63, 3.8) is 0 Å². The van der Waals surface area contributed by atoms with Crippen molar-refractivity contribution in [1.29, 1.82) is 0 Å². The van der Waals surface area contributed by atoms with Crippen LogP contribution in [-0.4, -0.2) is 16.9 Å². The number of aryl methyl sites for hydroxylation is 1. The number of carbonyl (C=O) groups is 1. The van der Waals surface area contributed by atoms with E-state index < -0.39 is 0 Å². The molecule has 1 aromatic heterocycles. The van der Waals surface area contributed by atoms with Crippen LogP contribution in [0.15, 0.2) is 54.6 Å². The summed E-state index contributed by atoms with van der Waals surface area (Å²) in [6.45, 7) is 1.95. The minimum absolute atomic E-state index is 0.0209. The summed E-state index contributed by atoms with van der Waals surface area (Å²) in [5.74, 6) is 0.0209. The molecular weight excluding hydrogens is 308 g/mol. The second kappa shape index (κ2) is 6.67. The first-order valence-electron chi connectivity index (χ1n) is 8.99. The molecular formula is C22H22N2O. The molecule has 3 aromatic rings. The van der Waals surface area contributed by atoms with Crippen molar-refractivity contribution in [2.45, 2.75) is 38.6 Å². The first-order valence-corrected chi connectivity index (χ1v) is 8.99. The maximum Gasteiger partial charge on any atom is 0.252 e. The first kappa shape index (κ1) is 15.8. The quantitative estimate of drug-likeness (QED) is 0.743. The monoisotopic (exact) mass is 330 g/mol. The van der Waals surface area contributed by atoms with E-state index in [9.17, 15) is 4.79 Å². The topological polar surface area (TPSA) is 42.0 Å². The number of aromatic nitrogens is 1. The lowest BCUT2D eigenvalue weighted by atomic mass is 9.98. The Kier molecular flexibility index (Phi) is 4.22. The number of fused-ring (bicyclic) bond motifs is 1. The van der Waals surface area contributed by atoms with Gasteiger partial charge in [0.15, 0.2) is 0 Å². The number of nitrogens with one attached hydrogen (secondary N) is 1. The fourth-order valence-corrected chi connectivity index (χ4v) is 3.75. The molecule has 1 aliphatic rings. The lowest BCUT2D eigenvalue weighted by Gasteiger charge is -2.15. The van der Waals surface area contributed by atoms with Crippen molar-refractivity contribution in [3.8, 4) is 11.1 Å². The molecule has 25 heavy (non-hydrogen) atoms. The Morgan fingerprint density at radius 3 is 2.56 bits per heavy atom. The largest absolute Gasteiger partial charge is 0.349 e. The van der Waals surface area contributed by atoms with E-state index in [4.69, 9.17) is 4.98 Å². The van der Waals surface area contributed by atoms with Gasteiger partial charge in [-0.05, 0) is 31.4 Å². The molecule has 0 unspecified atom stereocenters. The van der Waals surface area contributed by atoms with Gasteiger partial charge in [0.25, 0.3) is 5.91 Å². The average Bonchev–Trinajstić information content (AvgIpc) is 3.14. The highest BCUT2D eigenvalue weighted by Crippen LogP contribution is 2.30. The Morgan fingerprint density at radius 2 is 1.80 bits per heavy atom. The molecule has 0 saturated heterocycles. The summed E-state index contributed by atoms with van der Waals surface area (Å²) in [6.07, 6.45) is 4.59. The molecule has 1 fully saturated rings. The Labute approximate surface area is 148 Å². The van der Waals surface area contributed by atoms with Gasteiger partial charge in [0.1, 0.15) is 0 Å². The molecule has 1 aliphatic carbocycles. The summed E-state index contributed by atoms with van der Waals surface area (Å²) in [5.41, 5.74) is 4.68. The van der Waals surface area contributed by atoms with E-state index in [1.807, 2.05) is 43.3 Å². The van der Waals surface area contributed by atoms with E-state index >= 15 is 0 Å². The Bertz CT molecular complexity index is 912. The molecule has 1 N–H and O–H groups in total. The van der Waals surface area contributed by atoms with Crippen LogP contribution in [-0.2, 0) is 0 Å². The number of amides is 1. The van der Waals surface area contributed by atoms with Gasteiger partial charge in [0.2, 0.25) is 0 Å². The summed E-state index contributed by atoms with van der Waals surface area (Å²) < 4.78 is 0. The fourth-order valence-electron chi connectivity index (χ4n) is 3.75. The van der Waals surface area contributed by atoms with Gasteiger partial charge in [0.05, 0.1) is 11.1 Å². The van der Waals surface area contributed by atoms with Crippen molar-refractivity contribution >= 4 is 16.8 Å². The van der Waals surface area contributed by atoms with Crippen LogP contribution in [0, 0.1) is 6.92 Å². The Balaban J connectivity index is 1.81. The van der Waals surface area contributed by atoms with E-state index in [0.717, 1.165) is 46.1 Å². The molecule has 3 heteroatoms. The standard InChI is InChI=1S/C22H22N2O/c1-15-14-20(22(25)24-17-10-5-6-11-17)19-13-7-12-18(21(19)23-15)16-8-3-2-4-9-16/h2-4,7-9,12-14,17H,5-6,10-11H2,1H3,(H,24,25). The molecule has 0 radical (unpaired) electrons. The summed E-state index contributed by atoms with van der Waals surface area (Å²) in [4.78, 5) is 17.6. The minimum atomic E-state index is 0.0209. The summed E-state index contributed by atoms with van der Waals surface area (Å²) >= 11 is 0.